The molecule has 2 aromatic rings. The molecule has 0 spiro atoms. The monoisotopic (exact) mass is 595 g/mol. The van der Waals surface area contributed by atoms with Crippen molar-refractivity contribution in [3.8, 4) is 5.75 Å². The summed E-state index contributed by atoms with van der Waals surface area (Å²) in [6.45, 7) is 1.95. The Balaban J connectivity index is 1.83. The molecule has 2 heterocycles. The zero-order valence-electron chi connectivity index (χ0n) is 20.8. The first kappa shape index (κ1) is 30.4. The number of halogens is 2. The van der Waals surface area contributed by atoms with E-state index in [1.165, 1.54) is 26.0 Å². The van der Waals surface area contributed by atoms with E-state index in [9.17, 15) is 29.0 Å². The van der Waals surface area contributed by atoms with Gasteiger partial charge in [0.2, 0.25) is 0 Å². The number of H-pyrrole nitrogens is 1. The molecular weight excluding hydrogens is 568 g/mol. The Bertz CT molecular complexity index is 1340. The summed E-state index contributed by atoms with van der Waals surface area (Å²) in [5.74, 6) is -1.30. The van der Waals surface area contributed by atoms with E-state index in [0.717, 1.165) is 22.9 Å². The van der Waals surface area contributed by atoms with E-state index in [-0.39, 0.29) is 10.8 Å². The molecule has 0 saturated carbocycles. The van der Waals surface area contributed by atoms with Gasteiger partial charge in [0.15, 0.2) is 6.23 Å². The minimum absolute atomic E-state index is 0.0363. The van der Waals surface area contributed by atoms with Crippen LogP contribution in [0.1, 0.15) is 33.9 Å². The Morgan fingerprint density at radius 2 is 2.05 bits per heavy atom. The number of aromatic nitrogens is 2. The van der Waals surface area contributed by atoms with Crippen LogP contribution in [-0.2, 0) is 30.6 Å². The van der Waals surface area contributed by atoms with Crippen LogP contribution >= 0.6 is 18.2 Å². The fraction of sp³-hybridized carbons (Fsp3) is 0.500. The van der Waals surface area contributed by atoms with E-state index >= 15 is 0 Å². The average Bonchev–Trinajstić information content (AvgIpc) is 3.03. The van der Waals surface area contributed by atoms with Gasteiger partial charge in [-0.25, -0.2) is 14.3 Å². The van der Waals surface area contributed by atoms with Crippen molar-refractivity contribution in [2.45, 2.75) is 63.9 Å². The van der Waals surface area contributed by atoms with Crippen molar-refractivity contribution < 1.29 is 37.9 Å². The molecule has 4 N–H and O–H groups in total. The predicted molar refractivity (Wildman–Crippen MR) is 138 cm³/mol. The van der Waals surface area contributed by atoms with E-state index in [0.29, 0.717) is 0 Å². The van der Waals surface area contributed by atoms with Crippen LogP contribution in [0.4, 0.5) is 4.39 Å². The lowest BCUT2D eigenvalue weighted by molar-refractivity contribution is -0.149. The standard InChI is InChI=1S/C22H28ClFN3O9PS/c1-11(2)34-19(30)12(3)26-37(38,36-13-5-6-15(24)14(23)9-13)33-10-16-18(29)22(4,32)20(35-16)27-8-7-17(28)25-21(27)31/h5-9,11-12,16,18,20,29,32H,10H2,1-4H3,(H,26,38)(H,25,28,31). The second-order valence-corrected chi connectivity index (χ2v) is 12.6. The van der Waals surface area contributed by atoms with Crippen molar-refractivity contribution in [2.24, 2.45) is 0 Å². The molecule has 1 aromatic carbocycles. The number of hydrogen-bond donors (Lipinski definition) is 4. The average molecular weight is 596 g/mol. The van der Waals surface area contributed by atoms with Gasteiger partial charge in [-0.1, -0.05) is 11.6 Å². The lowest BCUT2D eigenvalue weighted by Gasteiger charge is -2.28. The van der Waals surface area contributed by atoms with Crippen molar-refractivity contribution in [3.05, 3.63) is 62.1 Å². The number of carbonyl (C=O) groups excluding carboxylic acids is 1. The molecule has 16 heteroatoms. The van der Waals surface area contributed by atoms with Gasteiger partial charge in [-0.2, -0.15) is 0 Å². The molecule has 6 unspecified atom stereocenters. The van der Waals surface area contributed by atoms with Crippen LogP contribution in [0.15, 0.2) is 40.1 Å². The first-order valence-electron chi connectivity index (χ1n) is 11.4. The molecule has 1 aliphatic rings. The Morgan fingerprint density at radius 3 is 2.66 bits per heavy atom. The molecule has 3 rings (SSSR count). The first-order valence-corrected chi connectivity index (χ1v) is 14.4. The Kier molecular flexibility index (Phi) is 9.54. The second-order valence-electron chi connectivity index (χ2n) is 9.01. The molecule has 0 amide bonds. The summed E-state index contributed by atoms with van der Waals surface area (Å²) in [4.78, 5) is 38.1. The van der Waals surface area contributed by atoms with E-state index < -0.39 is 72.5 Å². The summed E-state index contributed by atoms with van der Waals surface area (Å²) in [5.41, 5.74) is -3.50. The van der Waals surface area contributed by atoms with Gasteiger partial charge in [0.1, 0.15) is 35.4 Å². The van der Waals surface area contributed by atoms with Gasteiger partial charge in [0.05, 0.1) is 17.7 Å². The predicted octanol–water partition coefficient (Wildman–Crippen LogP) is 1.59. The van der Waals surface area contributed by atoms with Crippen molar-refractivity contribution in [2.75, 3.05) is 6.61 Å². The number of benzene rings is 1. The minimum Gasteiger partial charge on any atom is -0.462 e. The number of ether oxygens (including phenoxy) is 2. The number of esters is 1. The minimum atomic E-state index is -3.65. The Hall–Kier alpha value is -2.16. The summed E-state index contributed by atoms with van der Waals surface area (Å²) < 4.78 is 37.1. The van der Waals surface area contributed by atoms with Gasteiger partial charge >= 0.3 is 18.3 Å². The molecule has 1 fully saturated rings. The van der Waals surface area contributed by atoms with E-state index in [2.05, 4.69) is 5.09 Å². The third-order valence-corrected chi connectivity index (χ3v) is 8.23. The lowest BCUT2D eigenvalue weighted by Crippen LogP contribution is -2.47. The van der Waals surface area contributed by atoms with Crippen molar-refractivity contribution in [1.29, 1.82) is 0 Å². The summed E-state index contributed by atoms with van der Waals surface area (Å²) in [6, 6.07) is 3.55. The van der Waals surface area contributed by atoms with Gasteiger partial charge in [0.25, 0.3) is 5.56 Å². The summed E-state index contributed by atoms with van der Waals surface area (Å²) in [6.07, 6.45) is -3.47. The molecule has 6 atom stereocenters. The maximum absolute atomic E-state index is 13.6. The second kappa shape index (κ2) is 11.9. The van der Waals surface area contributed by atoms with E-state index in [4.69, 9.17) is 41.9 Å². The number of aliphatic hydroxyl groups is 2. The molecule has 0 radical (unpaired) electrons. The molecule has 1 aliphatic heterocycles. The summed E-state index contributed by atoms with van der Waals surface area (Å²) >= 11 is 11.4. The molecule has 12 nitrogen and oxygen atoms in total. The molecule has 1 aromatic heterocycles. The highest BCUT2D eigenvalue weighted by atomic mass is 35.5. The van der Waals surface area contributed by atoms with Crippen LogP contribution in [-0.4, -0.2) is 62.3 Å². The number of aliphatic hydroxyl groups excluding tert-OH is 1. The van der Waals surface area contributed by atoms with Crippen molar-refractivity contribution in [3.63, 3.8) is 0 Å². The molecule has 210 valence electrons. The molecule has 1 saturated heterocycles. The zero-order valence-corrected chi connectivity index (χ0v) is 23.3. The van der Waals surface area contributed by atoms with Crippen LogP contribution in [0.25, 0.3) is 0 Å². The Morgan fingerprint density at radius 1 is 1.37 bits per heavy atom. The molecule has 38 heavy (non-hydrogen) atoms. The number of aromatic amines is 1. The highest BCUT2D eigenvalue weighted by Crippen LogP contribution is 2.47. The third kappa shape index (κ3) is 7.07. The van der Waals surface area contributed by atoms with Crippen LogP contribution < -0.4 is 20.9 Å². The van der Waals surface area contributed by atoms with Gasteiger partial charge in [0, 0.05) is 18.3 Å². The number of hydrogen-bond acceptors (Lipinski definition) is 10. The maximum atomic E-state index is 13.6. The third-order valence-electron chi connectivity index (χ3n) is 5.44. The molecule has 0 bridgehead atoms. The highest BCUT2D eigenvalue weighted by Gasteiger charge is 2.54. The zero-order chi connectivity index (χ0) is 28.4. The van der Waals surface area contributed by atoms with Crippen LogP contribution in [0, 0.1) is 5.82 Å². The van der Waals surface area contributed by atoms with Crippen molar-refractivity contribution in [1.82, 2.24) is 14.6 Å². The van der Waals surface area contributed by atoms with Gasteiger partial charge < -0.3 is 28.7 Å². The Labute approximate surface area is 226 Å². The van der Waals surface area contributed by atoms with Crippen molar-refractivity contribution >= 4 is 36.0 Å². The summed E-state index contributed by atoms with van der Waals surface area (Å²) in [5, 5.41) is 24.2. The normalized spacial score (nSPS) is 25.7. The highest BCUT2D eigenvalue weighted by molar-refractivity contribution is 8.09. The fourth-order valence-corrected chi connectivity index (χ4v) is 6.13. The largest absolute Gasteiger partial charge is 0.462 e. The number of rotatable bonds is 10. The number of nitrogens with zero attached hydrogens (tertiary/aromatic N) is 1. The van der Waals surface area contributed by atoms with E-state index in [1.54, 1.807) is 13.8 Å². The van der Waals surface area contributed by atoms with Crippen LogP contribution in [0.5, 0.6) is 5.75 Å². The maximum Gasteiger partial charge on any atom is 0.330 e. The lowest BCUT2D eigenvalue weighted by atomic mass is 9.96. The SMILES string of the molecule is CC(C)OC(=O)C(C)NP(=S)(OCC1OC(n2ccc(=O)[nH]c2=O)C(C)(O)C1O)Oc1ccc(F)c(Cl)c1. The van der Waals surface area contributed by atoms with Crippen LogP contribution in [0.3, 0.4) is 0 Å². The topological polar surface area (TPSA) is 161 Å². The summed E-state index contributed by atoms with van der Waals surface area (Å²) in [7, 11) is 0. The molecule has 0 aliphatic carbocycles. The smallest absolute Gasteiger partial charge is 0.330 e. The van der Waals surface area contributed by atoms with E-state index in [1.807, 2.05) is 4.98 Å². The number of carbonyl (C=O) groups is 1. The van der Waals surface area contributed by atoms with Gasteiger partial charge in [-0.05, 0) is 51.6 Å². The number of nitrogens with one attached hydrogen (secondary N) is 2. The van der Waals surface area contributed by atoms with Gasteiger partial charge in [-0.3, -0.25) is 19.1 Å². The van der Waals surface area contributed by atoms with Gasteiger partial charge in [-0.15, -0.1) is 0 Å². The molecular formula is C22H28ClFN3O9PS. The van der Waals surface area contributed by atoms with Crippen LogP contribution in [0.2, 0.25) is 5.02 Å². The quantitative estimate of drug-likeness (QED) is 0.233. The fourth-order valence-electron chi connectivity index (χ4n) is 3.55. The first-order chi connectivity index (χ1) is 17.6.